The maximum atomic E-state index is 14.9. The maximum absolute atomic E-state index is 14.9. The van der Waals surface area contributed by atoms with Crippen LogP contribution in [0.25, 0.3) is 32.9 Å². The van der Waals surface area contributed by atoms with Crippen LogP contribution in [0.15, 0.2) is 42.5 Å². The van der Waals surface area contributed by atoms with Crippen molar-refractivity contribution in [2.24, 2.45) is 14.1 Å². The Labute approximate surface area is 299 Å². The number of benzene rings is 3. The first-order valence-electron chi connectivity index (χ1n) is 16.6. The third-order valence-electron chi connectivity index (χ3n) is 9.91. The van der Waals surface area contributed by atoms with Gasteiger partial charge in [0.15, 0.2) is 5.82 Å². The summed E-state index contributed by atoms with van der Waals surface area (Å²) < 4.78 is 11.8. The van der Waals surface area contributed by atoms with Crippen LogP contribution in [0.1, 0.15) is 68.3 Å². The van der Waals surface area contributed by atoms with Gasteiger partial charge in [0, 0.05) is 53.9 Å². The zero-order valence-corrected chi connectivity index (χ0v) is 30.6. The molecule has 6 aromatic rings. The summed E-state index contributed by atoms with van der Waals surface area (Å²) in [5.74, 6) is -0.253. The minimum Gasteiger partial charge on any atom is -0.494 e. The van der Waals surface area contributed by atoms with E-state index >= 15 is 0 Å². The molecular formula is C38H38Cl2N6O4. The van der Waals surface area contributed by atoms with Crippen molar-refractivity contribution in [3.05, 3.63) is 91.8 Å². The van der Waals surface area contributed by atoms with Gasteiger partial charge in [-0.15, -0.1) is 0 Å². The van der Waals surface area contributed by atoms with Crippen molar-refractivity contribution in [1.82, 2.24) is 24.1 Å². The predicted octanol–water partition coefficient (Wildman–Crippen LogP) is 8.40. The fourth-order valence-electron chi connectivity index (χ4n) is 7.57. The number of hydrogen-bond acceptors (Lipinski definition) is 5. The Bertz CT molecular complexity index is 2360. The Hall–Kier alpha value is -4.80. The number of fused-ring (bicyclic) bond motifs is 4. The maximum Gasteiger partial charge on any atom is 0.336 e. The van der Waals surface area contributed by atoms with Gasteiger partial charge in [-0.25, -0.2) is 4.79 Å². The number of halogens is 2. The Morgan fingerprint density at radius 3 is 2.38 bits per heavy atom. The van der Waals surface area contributed by atoms with E-state index < -0.39 is 5.97 Å². The van der Waals surface area contributed by atoms with Crippen LogP contribution < -0.4 is 9.64 Å². The summed E-state index contributed by atoms with van der Waals surface area (Å²) in [6.07, 6.45) is 1.18. The number of aromatic carboxylic acids is 1. The van der Waals surface area contributed by atoms with Gasteiger partial charge in [0.1, 0.15) is 11.4 Å². The first-order valence-corrected chi connectivity index (χ1v) is 17.3. The third kappa shape index (κ3) is 5.24. The van der Waals surface area contributed by atoms with Gasteiger partial charge in [0.25, 0.3) is 5.91 Å². The van der Waals surface area contributed by atoms with Gasteiger partial charge in [-0.05, 0) is 94.5 Å². The number of nitrogens with zero attached hydrogens (tertiary/aromatic N) is 6. The molecule has 50 heavy (non-hydrogen) atoms. The van der Waals surface area contributed by atoms with Crippen LogP contribution in [-0.2, 0) is 20.5 Å². The van der Waals surface area contributed by atoms with Gasteiger partial charge in [0.2, 0.25) is 0 Å². The Balaban J connectivity index is 1.39. The van der Waals surface area contributed by atoms with Crippen molar-refractivity contribution < 1.29 is 19.4 Å². The molecule has 0 bridgehead atoms. The zero-order chi connectivity index (χ0) is 35.8. The molecule has 12 heteroatoms. The molecule has 4 heterocycles. The Morgan fingerprint density at radius 2 is 1.72 bits per heavy atom. The first-order chi connectivity index (χ1) is 23.8. The number of amides is 1. The molecule has 0 radical (unpaired) electrons. The highest BCUT2D eigenvalue weighted by molar-refractivity contribution is 6.35. The smallest absolute Gasteiger partial charge is 0.336 e. The van der Waals surface area contributed by atoms with Crippen molar-refractivity contribution in [2.45, 2.75) is 53.5 Å². The van der Waals surface area contributed by atoms with E-state index in [2.05, 4.69) is 11.5 Å². The van der Waals surface area contributed by atoms with Crippen molar-refractivity contribution in [3.63, 3.8) is 0 Å². The summed E-state index contributed by atoms with van der Waals surface area (Å²) in [5, 5.41) is 22.2. The van der Waals surface area contributed by atoms with E-state index in [9.17, 15) is 14.7 Å². The van der Waals surface area contributed by atoms with Crippen LogP contribution in [0.5, 0.6) is 5.75 Å². The monoisotopic (exact) mass is 712 g/mol. The molecule has 1 aliphatic heterocycles. The topological polar surface area (TPSA) is 107 Å². The molecule has 1 aliphatic rings. The number of anilines is 1. The number of hydrogen-bond donors (Lipinski definition) is 1. The average Bonchev–Trinajstić information content (AvgIpc) is 3.68. The van der Waals surface area contributed by atoms with Gasteiger partial charge >= 0.3 is 5.97 Å². The second-order valence-corrected chi connectivity index (χ2v) is 14.0. The minimum atomic E-state index is -1.08. The molecular weight excluding hydrogens is 675 g/mol. The summed E-state index contributed by atoms with van der Waals surface area (Å²) >= 11 is 13.4. The van der Waals surface area contributed by atoms with Gasteiger partial charge in [0.05, 0.1) is 39.3 Å². The summed E-state index contributed by atoms with van der Waals surface area (Å²) in [6.45, 7) is 10.7. The van der Waals surface area contributed by atoms with Crippen LogP contribution in [0.2, 0.25) is 10.0 Å². The molecule has 0 spiro atoms. The summed E-state index contributed by atoms with van der Waals surface area (Å²) in [4.78, 5) is 28.9. The highest BCUT2D eigenvalue weighted by Gasteiger charge is 2.38. The lowest BCUT2D eigenvalue weighted by molar-refractivity contribution is 0.0698. The van der Waals surface area contributed by atoms with E-state index in [1.807, 2.05) is 69.8 Å². The number of ether oxygens (including phenoxy) is 1. The average molecular weight is 714 g/mol. The number of carbonyl (C=O) groups excluding carboxylic acids is 1. The molecule has 0 aliphatic carbocycles. The molecule has 3 aromatic heterocycles. The summed E-state index contributed by atoms with van der Waals surface area (Å²) in [6, 6.07) is 12.6. The quantitative estimate of drug-likeness (QED) is 0.159. The van der Waals surface area contributed by atoms with Crippen LogP contribution in [0.3, 0.4) is 0 Å². The fraction of sp³-hybridized carbons (Fsp3) is 0.316. The van der Waals surface area contributed by atoms with Gasteiger partial charge < -0.3 is 14.4 Å². The molecule has 1 atom stereocenters. The molecule has 1 amide bonds. The molecule has 7 rings (SSSR count). The highest BCUT2D eigenvalue weighted by Crippen LogP contribution is 2.45. The summed E-state index contributed by atoms with van der Waals surface area (Å²) in [7, 11) is 3.67. The minimum absolute atomic E-state index is 0.0961. The molecule has 1 N–H and O–H groups in total. The normalized spacial score (nSPS) is 14.6. The van der Waals surface area contributed by atoms with Crippen LogP contribution in [-0.4, -0.2) is 54.3 Å². The number of aryl methyl sites for hydroxylation is 6. The molecule has 0 fully saturated rings. The lowest BCUT2D eigenvalue weighted by Gasteiger charge is -2.33. The number of carboxylic acid groups (broad SMARTS) is 1. The molecule has 0 saturated carbocycles. The van der Waals surface area contributed by atoms with Crippen molar-refractivity contribution in [3.8, 4) is 16.9 Å². The number of rotatable bonds is 8. The fourth-order valence-corrected chi connectivity index (χ4v) is 7.93. The lowest BCUT2D eigenvalue weighted by Crippen LogP contribution is -2.43. The Kier molecular flexibility index (Phi) is 8.43. The van der Waals surface area contributed by atoms with Gasteiger partial charge in [-0.3, -0.25) is 19.1 Å². The van der Waals surface area contributed by atoms with E-state index in [-0.39, 0.29) is 24.1 Å². The molecule has 10 nitrogen and oxygen atoms in total. The third-order valence-corrected chi connectivity index (χ3v) is 10.8. The van der Waals surface area contributed by atoms with Crippen LogP contribution in [0.4, 0.5) is 5.82 Å². The molecule has 0 saturated heterocycles. The summed E-state index contributed by atoms with van der Waals surface area (Å²) in [5.41, 5.74) is 8.51. The van der Waals surface area contributed by atoms with E-state index in [0.29, 0.717) is 46.9 Å². The number of carboxylic acids is 1. The standard InChI is InChI=1S/C38H38Cl2N6O4/c1-19-16-24(17-20(2)33(19)40)50-15-9-11-25-26-13-14-28(39)32(30-22(4)41-43(6)23(30)5)34(26)46-21(3)18-45(37(47)35(25)46)36-31-27(38(48)49)10-8-12-29(31)44(7)42-36/h8,10,12-14,16-17,21H,9,11,15,18H2,1-7H3,(H,48,49). The van der Waals surface area contributed by atoms with Crippen LogP contribution in [0, 0.1) is 27.7 Å². The predicted molar refractivity (Wildman–Crippen MR) is 197 cm³/mol. The molecule has 3 aromatic carbocycles. The van der Waals surface area contributed by atoms with E-state index in [1.54, 1.807) is 28.8 Å². The van der Waals surface area contributed by atoms with Crippen LogP contribution >= 0.6 is 23.2 Å². The number of carbonyl (C=O) groups is 2. The van der Waals surface area contributed by atoms with E-state index in [1.165, 1.54) is 0 Å². The molecule has 258 valence electrons. The highest BCUT2D eigenvalue weighted by atomic mass is 35.5. The van der Waals surface area contributed by atoms with Crippen molar-refractivity contribution in [2.75, 3.05) is 18.1 Å². The zero-order valence-electron chi connectivity index (χ0n) is 29.1. The van der Waals surface area contributed by atoms with Gasteiger partial charge in [-0.2, -0.15) is 10.2 Å². The lowest BCUT2D eigenvalue weighted by atomic mass is 9.98. The SMILES string of the molecule is Cc1cc(OCCCc2c3n(c4c(-c5c(C)nn(C)c5C)c(Cl)ccc24)C(C)CN(c2nn(C)c4cccc(C(=O)O)c24)C3=O)cc(C)c1Cl. The van der Waals surface area contributed by atoms with Gasteiger partial charge in [-0.1, -0.05) is 35.3 Å². The Morgan fingerprint density at radius 1 is 1.00 bits per heavy atom. The second-order valence-electron chi connectivity index (χ2n) is 13.2. The van der Waals surface area contributed by atoms with E-state index in [0.717, 1.165) is 60.9 Å². The first kappa shape index (κ1) is 33.7. The largest absolute Gasteiger partial charge is 0.494 e. The van der Waals surface area contributed by atoms with Crippen molar-refractivity contribution in [1.29, 1.82) is 0 Å². The van der Waals surface area contributed by atoms with Crippen molar-refractivity contribution >= 4 is 62.7 Å². The van der Waals surface area contributed by atoms with E-state index in [4.69, 9.17) is 38.1 Å². The number of aromatic nitrogens is 5. The molecule has 1 unspecified atom stereocenters. The second kappa shape index (κ2) is 12.5.